The van der Waals surface area contributed by atoms with E-state index in [1.807, 2.05) is 0 Å². The second-order valence-electron chi connectivity index (χ2n) is 6.68. The third-order valence-corrected chi connectivity index (χ3v) is 7.87. The number of carbonyl (C=O) groups excluding carboxylic acids is 1. The number of nitrogens with zero attached hydrogens (tertiary/aromatic N) is 1. The van der Waals surface area contributed by atoms with Crippen LogP contribution < -0.4 is 5.32 Å². The highest BCUT2D eigenvalue weighted by Crippen LogP contribution is 2.29. The second-order valence-corrected chi connectivity index (χ2v) is 9.44. The van der Waals surface area contributed by atoms with Crippen LogP contribution in [0.3, 0.4) is 0 Å². The minimum Gasteiger partial charge on any atom is -0.347 e. The zero-order chi connectivity index (χ0) is 18.3. The Morgan fingerprint density at radius 1 is 1.19 bits per heavy atom. The quantitative estimate of drug-likeness (QED) is 0.864. The summed E-state index contributed by atoms with van der Waals surface area (Å²) in [5.41, 5.74) is 0. The molecule has 1 aromatic heterocycles. The molecule has 0 radical (unpaired) electrons. The third-order valence-electron chi connectivity index (χ3n) is 5.05. The van der Waals surface area contributed by atoms with Gasteiger partial charge >= 0.3 is 0 Å². The summed E-state index contributed by atoms with van der Waals surface area (Å²) in [6.07, 6.45) is 2.21. The van der Waals surface area contributed by atoms with Gasteiger partial charge in [0.1, 0.15) is 11.6 Å². The summed E-state index contributed by atoms with van der Waals surface area (Å²) in [5, 5.41) is 3.08. The summed E-state index contributed by atoms with van der Waals surface area (Å²) in [6.45, 7) is 3.08. The summed E-state index contributed by atoms with van der Waals surface area (Å²) in [7, 11) is -1.78. The van der Waals surface area contributed by atoms with Gasteiger partial charge in [0.05, 0.1) is 24.8 Å². The highest BCUT2D eigenvalue weighted by Gasteiger charge is 2.35. The van der Waals surface area contributed by atoms with Crippen LogP contribution in [0.5, 0.6) is 0 Å². The molecule has 1 aromatic carbocycles. The average molecular weight is 396 g/mol. The fourth-order valence-corrected chi connectivity index (χ4v) is 5.96. The number of rotatable bonds is 4. The van der Waals surface area contributed by atoms with E-state index < -0.39 is 22.4 Å². The number of halogens is 2. The van der Waals surface area contributed by atoms with Crippen LogP contribution in [0.2, 0.25) is 0 Å². The number of thiophene rings is 1. The number of carbonyl (C=O) groups is 1. The van der Waals surface area contributed by atoms with Crippen LogP contribution in [0.25, 0.3) is 0 Å². The van der Waals surface area contributed by atoms with Gasteiger partial charge in [-0.2, -0.15) is 0 Å². The Morgan fingerprint density at radius 2 is 1.96 bits per heavy atom. The van der Waals surface area contributed by atoms with E-state index in [2.05, 4.69) is 10.2 Å². The summed E-state index contributed by atoms with van der Waals surface area (Å²) in [5.74, 6) is -1.23. The molecule has 0 spiro atoms. The van der Waals surface area contributed by atoms with E-state index in [1.165, 1.54) is 6.07 Å². The maximum atomic E-state index is 13.8. The van der Waals surface area contributed by atoms with Crippen LogP contribution in [0.1, 0.15) is 22.5 Å². The summed E-state index contributed by atoms with van der Waals surface area (Å²) in [4.78, 5) is 15.3. The number of fused-ring (bicyclic) bond motifs is 3. The monoisotopic (exact) mass is 396 g/mol. The number of nitrogens with one attached hydrogen (secondary N) is 1. The van der Waals surface area contributed by atoms with Gasteiger partial charge in [0.15, 0.2) is 0 Å². The Morgan fingerprint density at radius 3 is 2.62 bits per heavy atom. The SMILES string of the molecule is O=C(NC1CN2CCC1CC2)c1ccc(S(=O)c2ccc(F)cc2F)s1. The molecule has 0 saturated carbocycles. The Labute approximate surface area is 156 Å². The van der Waals surface area contributed by atoms with Gasteiger partial charge in [-0.3, -0.25) is 4.79 Å². The van der Waals surface area contributed by atoms with Crippen molar-refractivity contribution in [3.8, 4) is 0 Å². The summed E-state index contributed by atoms with van der Waals surface area (Å²) >= 11 is 1.08. The molecule has 8 heteroatoms. The van der Waals surface area contributed by atoms with E-state index in [9.17, 15) is 17.8 Å². The first kappa shape index (κ1) is 17.8. The van der Waals surface area contributed by atoms with Crippen LogP contribution >= 0.6 is 11.3 Å². The normalized spacial score (nSPS) is 25.8. The van der Waals surface area contributed by atoms with Crippen molar-refractivity contribution in [3.63, 3.8) is 0 Å². The van der Waals surface area contributed by atoms with Gasteiger partial charge in [-0.05, 0) is 56.1 Å². The molecule has 1 amide bonds. The molecule has 0 aliphatic carbocycles. The van der Waals surface area contributed by atoms with Crippen molar-refractivity contribution in [1.29, 1.82) is 0 Å². The molecule has 4 nitrogen and oxygen atoms in total. The van der Waals surface area contributed by atoms with Gasteiger partial charge in [-0.25, -0.2) is 13.0 Å². The van der Waals surface area contributed by atoms with E-state index in [0.717, 1.165) is 49.9 Å². The molecule has 1 N–H and O–H groups in total. The van der Waals surface area contributed by atoms with Crippen molar-refractivity contribution in [3.05, 3.63) is 46.8 Å². The van der Waals surface area contributed by atoms with E-state index in [-0.39, 0.29) is 16.8 Å². The first-order chi connectivity index (χ1) is 12.5. The molecule has 2 bridgehead atoms. The van der Waals surface area contributed by atoms with Gasteiger partial charge in [0.25, 0.3) is 5.91 Å². The third kappa shape index (κ3) is 3.45. The molecule has 3 aliphatic heterocycles. The highest BCUT2D eigenvalue weighted by atomic mass is 32.2. The van der Waals surface area contributed by atoms with Crippen LogP contribution in [-0.4, -0.2) is 40.7 Å². The number of hydrogen-bond donors (Lipinski definition) is 1. The second kappa shape index (κ2) is 7.17. The predicted octanol–water partition coefficient (Wildman–Crippen LogP) is 3.02. The molecule has 26 heavy (non-hydrogen) atoms. The smallest absolute Gasteiger partial charge is 0.261 e. The predicted molar refractivity (Wildman–Crippen MR) is 95.8 cm³/mol. The lowest BCUT2D eigenvalue weighted by Crippen LogP contribution is -2.57. The summed E-state index contributed by atoms with van der Waals surface area (Å²) < 4.78 is 39.8. The van der Waals surface area contributed by atoms with E-state index in [1.54, 1.807) is 12.1 Å². The minimum atomic E-state index is -1.78. The maximum Gasteiger partial charge on any atom is 0.261 e. The zero-order valence-electron chi connectivity index (χ0n) is 13.9. The van der Waals surface area contributed by atoms with Crippen molar-refractivity contribution >= 4 is 28.0 Å². The Bertz CT molecular complexity index is 863. The Balaban J connectivity index is 1.47. The first-order valence-electron chi connectivity index (χ1n) is 8.51. The Hall–Kier alpha value is -1.64. The number of amides is 1. The lowest BCUT2D eigenvalue weighted by molar-refractivity contribution is 0.0622. The van der Waals surface area contributed by atoms with Gasteiger partial charge in [-0.15, -0.1) is 11.3 Å². The maximum absolute atomic E-state index is 13.8. The van der Waals surface area contributed by atoms with Crippen molar-refractivity contribution < 1.29 is 17.8 Å². The number of hydrogen-bond acceptors (Lipinski definition) is 4. The molecule has 2 atom stereocenters. The van der Waals surface area contributed by atoms with Gasteiger partial charge < -0.3 is 10.2 Å². The highest BCUT2D eigenvalue weighted by molar-refractivity contribution is 7.87. The largest absolute Gasteiger partial charge is 0.347 e. The molecule has 2 aromatic rings. The topological polar surface area (TPSA) is 49.4 Å². The zero-order valence-corrected chi connectivity index (χ0v) is 15.5. The first-order valence-corrected chi connectivity index (χ1v) is 10.5. The average Bonchev–Trinajstić information content (AvgIpc) is 3.12. The van der Waals surface area contributed by atoms with Crippen LogP contribution in [0.4, 0.5) is 8.78 Å². The number of piperidine rings is 3. The molecule has 3 aliphatic rings. The van der Waals surface area contributed by atoms with Crippen molar-refractivity contribution in [2.45, 2.75) is 28.0 Å². The van der Waals surface area contributed by atoms with Gasteiger partial charge in [0, 0.05) is 18.7 Å². The lowest BCUT2D eigenvalue weighted by Gasteiger charge is -2.44. The molecule has 3 fully saturated rings. The molecule has 4 heterocycles. The van der Waals surface area contributed by atoms with Gasteiger partial charge in [-0.1, -0.05) is 0 Å². The van der Waals surface area contributed by atoms with Crippen molar-refractivity contribution in [1.82, 2.24) is 10.2 Å². The Kier molecular flexibility index (Phi) is 4.90. The van der Waals surface area contributed by atoms with E-state index >= 15 is 0 Å². The molecule has 2 unspecified atom stereocenters. The summed E-state index contributed by atoms with van der Waals surface area (Å²) in [6, 6.07) is 6.28. The van der Waals surface area contributed by atoms with Gasteiger partial charge in [0.2, 0.25) is 0 Å². The minimum absolute atomic E-state index is 0.0856. The fourth-order valence-electron chi connectivity index (χ4n) is 3.64. The molecule has 5 rings (SSSR count). The van der Waals surface area contributed by atoms with Crippen LogP contribution in [0.15, 0.2) is 39.4 Å². The van der Waals surface area contributed by atoms with Crippen molar-refractivity contribution in [2.75, 3.05) is 19.6 Å². The van der Waals surface area contributed by atoms with Crippen LogP contribution in [0, 0.1) is 17.6 Å². The molecular formula is C18H18F2N2O2S2. The molecule has 138 valence electrons. The van der Waals surface area contributed by atoms with Crippen LogP contribution in [-0.2, 0) is 10.8 Å². The fraction of sp³-hybridized carbons (Fsp3) is 0.389. The van der Waals surface area contributed by atoms with E-state index in [0.29, 0.717) is 21.1 Å². The molecule has 3 saturated heterocycles. The number of benzene rings is 1. The van der Waals surface area contributed by atoms with Crippen molar-refractivity contribution in [2.24, 2.45) is 5.92 Å². The standard InChI is InChI=1S/C18H18F2N2O2S2/c19-12-1-3-16(13(20)9-12)26(24)17-4-2-15(25-17)18(23)21-14-10-22-7-5-11(14)6-8-22/h1-4,9,11,14H,5-8,10H2,(H,21,23). The lowest BCUT2D eigenvalue weighted by atomic mass is 9.84. The molecular weight excluding hydrogens is 378 g/mol. The van der Waals surface area contributed by atoms with E-state index in [4.69, 9.17) is 0 Å².